The van der Waals surface area contributed by atoms with E-state index in [1.807, 2.05) is 0 Å². The van der Waals surface area contributed by atoms with Crippen LogP contribution in [0.3, 0.4) is 0 Å². The van der Waals surface area contributed by atoms with Crippen LogP contribution in [0.15, 0.2) is 0 Å². The molecule has 0 aromatic heterocycles. The lowest BCUT2D eigenvalue weighted by atomic mass is 10.0. The number of hydrogen-bond acceptors (Lipinski definition) is 3. The Morgan fingerprint density at radius 3 is 2.73 bits per heavy atom. The third-order valence-corrected chi connectivity index (χ3v) is 2.47. The van der Waals surface area contributed by atoms with Gasteiger partial charge in [0.15, 0.2) is 0 Å². The molecule has 4 heteroatoms. The molecule has 4 nitrogen and oxygen atoms in total. The van der Waals surface area contributed by atoms with Crippen molar-refractivity contribution in [3.05, 3.63) is 0 Å². The summed E-state index contributed by atoms with van der Waals surface area (Å²) in [5, 5.41) is 0. The summed E-state index contributed by atoms with van der Waals surface area (Å²) in [6.45, 7) is 2.20. The van der Waals surface area contributed by atoms with Crippen LogP contribution in [-0.2, 0) is 14.3 Å². The van der Waals surface area contributed by atoms with Crippen molar-refractivity contribution in [2.75, 3.05) is 13.7 Å². The maximum atomic E-state index is 11.6. The van der Waals surface area contributed by atoms with Crippen LogP contribution in [0.4, 0.5) is 0 Å². The molecule has 1 aliphatic heterocycles. The summed E-state index contributed by atoms with van der Waals surface area (Å²) in [4.78, 5) is 24.5. The average Bonchev–Trinajstić information content (AvgIpc) is 2.28. The zero-order valence-corrected chi connectivity index (χ0v) is 9.08. The van der Waals surface area contributed by atoms with Gasteiger partial charge in [0.05, 0.1) is 7.11 Å². The molecule has 1 atom stereocenters. The second-order valence-corrected chi connectivity index (χ2v) is 3.41. The third kappa shape index (κ3) is 2.72. The summed E-state index contributed by atoms with van der Waals surface area (Å²) in [5.74, 6) is 4.37. The predicted molar refractivity (Wildman–Crippen MR) is 54.8 cm³/mol. The van der Waals surface area contributed by atoms with E-state index in [1.165, 1.54) is 12.0 Å². The molecule has 1 amide bonds. The molecule has 0 N–H and O–H groups in total. The van der Waals surface area contributed by atoms with E-state index in [2.05, 4.69) is 16.6 Å². The molecule has 0 saturated carbocycles. The van der Waals surface area contributed by atoms with Gasteiger partial charge in [0.25, 0.3) is 5.91 Å². The Labute approximate surface area is 89.6 Å². The SMILES string of the molecule is CC#CC(=O)N1CCCCC1C(=O)OC. The number of esters is 1. The highest BCUT2D eigenvalue weighted by molar-refractivity contribution is 5.96. The van der Waals surface area contributed by atoms with Crippen molar-refractivity contribution in [2.24, 2.45) is 0 Å². The number of piperidine rings is 1. The van der Waals surface area contributed by atoms with Crippen molar-refractivity contribution in [1.29, 1.82) is 0 Å². The van der Waals surface area contributed by atoms with Gasteiger partial charge in [-0.3, -0.25) is 4.79 Å². The van der Waals surface area contributed by atoms with Gasteiger partial charge in [-0.1, -0.05) is 5.92 Å². The molecule has 1 saturated heterocycles. The van der Waals surface area contributed by atoms with Crippen molar-refractivity contribution in [3.8, 4) is 11.8 Å². The monoisotopic (exact) mass is 209 g/mol. The molecule has 82 valence electrons. The number of ether oxygens (including phenoxy) is 1. The summed E-state index contributed by atoms with van der Waals surface area (Å²) in [6, 6.07) is -0.447. The summed E-state index contributed by atoms with van der Waals surface area (Å²) >= 11 is 0. The minimum Gasteiger partial charge on any atom is -0.467 e. The quantitative estimate of drug-likeness (QED) is 0.468. The zero-order chi connectivity index (χ0) is 11.3. The van der Waals surface area contributed by atoms with Gasteiger partial charge < -0.3 is 9.64 Å². The number of amides is 1. The van der Waals surface area contributed by atoms with Crippen LogP contribution in [0.5, 0.6) is 0 Å². The van der Waals surface area contributed by atoms with E-state index in [-0.39, 0.29) is 11.9 Å². The van der Waals surface area contributed by atoms with Gasteiger partial charge >= 0.3 is 5.97 Å². The average molecular weight is 209 g/mol. The Morgan fingerprint density at radius 1 is 1.40 bits per heavy atom. The Morgan fingerprint density at radius 2 is 2.13 bits per heavy atom. The molecule has 0 spiro atoms. The Balaban J connectivity index is 2.76. The maximum Gasteiger partial charge on any atom is 0.328 e. The smallest absolute Gasteiger partial charge is 0.328 e. The largest absolute Gasteiger partial charge is 0.467 e. The minimum atomic E-state index is -0.447. The van der Waals surface area contributed by atoms with Gasteiger partial charge in [0.2, 0.25) is 0 Å². The topological polar surface area (TPSA) is 46.6 Å². The molecule has 15 heavy (non-hydrogen) atoms. The fourth-order valence-electron chi connectivity index (χ4n) is 1.73. The number of carbonyl (C=O) groups is 2. The summed E-state index contributed by atoms with van der Waals surface area (Å²) in [7, 11) is 1.34. The van der Waals surface area contributed by atoms with Crippen molar-refractivity contribution in [3.63, 3.8) is 0 Å². The number of rotatable bonds is 1. The number of likely N-dealkylation sites (tertiary alicyclic amines) is 1. The highest BCUT2D eigenvalue weighted by Crippen LogP contribution is 2.17. The molecule has 0 aromatic rings. The lowest BCUT2D eigenvalue weighted by Gasteiger charge is -2.32. The first-order valence-electron chi connectivity index (χ1n) is 5.02. The van der Waals surface area contributed by atoms with E-state index >= 15 is 0 Å². The van der Waals surface area contributed by atoms with Gasteiger partial charge in [0, 0.05) is 6.54 Å². The van der Waals surface area contributed by atoms with Gasteiger partial charge in [-0.2, -0.15) is 0 Å². The van der Waals surface area contributed by atoms with E-state index in [4.69, 9.17) is 0 Å². The number of carbonyl (C=O) groups excluding carboxylic acids is 2. The summed E-state index contributed by atoms with van der Waals surface area (Å²) < 4.78 is 4.67. The van der Waals surface area contributed by atoms with Gasteiger partial charge in [-0.25, -0.2) is 4.79 Å². The maximum absolute atomic E-state index is 11.6. The third-order valence-electron chi connectivity index (χ3n) is 2.47. The van der Waals surface area contributed by atoms with Gasteiger partial charge in [0.1, 0.15) is 6.04 Å². The van der Waals surface area contributed by atoms with Crippen LogP contribution >= 0.6 is 0 Å². The van der Waals surface area contributed by atoms with Crippen molar-refractivity contribution >= 4 is 11.9 Å². The predicted octanol–water partition coefficient (Wildman–Crippen LogP) is 0.564. The van der Waals surface area contributed by atoms with E-state index in [1.54, 1.807) is 6.92 Å². The molecule has 1 rings (SSSR count). The fraction of sp³-hybridized carbons (Fsp3) is 0.636. The first-order valence-corrected chi connectivity index (χ1v) is 5.02. The van der Waals surface area contributed by atoms with E-state index in [0.29, 0.717) is 13.0 Å². The van der Waals surface area contributed by atoms with Gasteiger partial charge in [-0.05, 0) is 32.1 Å². The van der Waals surface area contributed by atoms with E-state index in [9.17, 15) is 9.59 Å². The lowest BCUT2D eigenvalue weighted by molar-refractivity contribution is -0.152. The minimum absolute atomic E-state index is 0.285. The molecular weight excluding hydrogens is 194 g/mol. The molecule has 1 heterocycles. The van der Waals surface area contributed by atoms with E-state index < -0.39 is 6.04 Å². The molecule has 1 fully saturated rings. The first-order chi connectivity index (χ1) is 7.20. The fourth-order valence-corrected chi connectivity index (χ4v) is 1.73. The Hall–Kier alpha value is -1.50. The second-order valence-electron chi connectivity index (χ2n) is 3.41. The summed E-state index contributed by atoms with van der Waals surface area (Å²) in [5.41, 5.74) is 0. The van der Waals surface area contributed by atoms with Crippen LogP contribution < -0.4 is 0 Å². The van der Waals surface area contributed by atoms with Crippen LogP contribution in [0.2, 0.25) is 0 Å². The Bertz CT molecular complexity index is 314. The molecular formula is C11H15NO3. The van der Waals surface area contributed by atoms with Crippen LogP contribution in [0, 0.1) is 11.8 Å². The summed E-state index contributed by atoms with van der Waals surface area (Å²) in [6.07, 6.45) is 2.54. The van der Waals surface area contributed by atoms with Crippen molar-refractivity contribution in [2.45, 2.75) is 32.2 Å². The highest BCUT2D eigenvalue weighted by Gasteiger charge is 2.31. The highest BCUT2D eigenvalue weighted by atomic mass is 16.5. The van der Waals surface area contributed by atoms with Crippen LogP contribution in [-0.4, -0.2) is 36.5 Å². The second kappa shape index (κ2) is 5.40. The Kier molecular flexibility index (Phi) is 4.17. The lowest BCUT2D eigenvalue weighted by Crippen LogP contribution is -2.48. The number of methoxy groups -OCH3 is 1. The molecule has 1 unspecified atom stereocenters. The normalized spacial score (nSPS) is 20.1. The van der Waals surface area contributed by atoms with E-state index in [0.717, 1.165) is 12.8 Å². The molecule has 0 bridgehead atoms. The van der Waals surface area contributed by atoms with Crippen LogP contribution in [0.25, 0.3) is 0 Å². The molecule has 0 aromatic carbocycles. The standard InChI is InChI=1S/C11H15NO3/c1-3-6-10(13)12-8-5-4-7-9(12)11(14)15-2/h9H,4-5,7-8H2,1-2H3. The molecule has 0 aliphatic carbocycles. The number of nitrogens with zero attached hydrogens (tertiary/aromatic N) is 1. The van der Waals surface area contributed by atoms with Gasteiger partial charge in [-0.15, -0.1) is 0 Å². The zero-order valence-electron chi connectivity index (χ0n) is 9.08. The molecule has 1 aliphatic rings. The number of hydrogen-bond donors (Lipinski definition) is 0. The van der Waals surface area contributed by atoms with Crippen LogP contribution in [0.1, 0.15) is 26.2 Å². The first kappa shape index (κ1) is 11.6. The van der Waals surface area contributed by atoms with Crippen molar-refractivity contribution in [1.82, 2.24) is 4.90 Å². The van der Waals surface area contributed by atoms with Crippen molar-refractivity contribution < 1.29 is 14.3 Å². The molecule has 0 radical (unpaired) electrons.